The first kappa shape index (κ1) is 17.0. The summed E-state index contributed by atoms with van der Waals surface area (Å²) >= 11 is 0. The van der Waals surface area contributed by atoms with E-state index in [0.29, 0.717) is 6.04 Å². The summed E-state index contributed by atoms with van der Waals surface area (Å²) in [6, 6.07) is 17.7. The van der Waals surface area contributed by atoms with Crippen LogP contribution < -0.4 is 10.1 Å². The van der Waals surface area contributed by atoms with Crippen LogP contribution in [0, 0.1) is 0 Å². The molecule has 3 rings (SSSR count). The van der Waals surface area contributed by atoms with E-state index in [1.54, 1.807) is 7.11 Å². The van der Waals surface area contributed by atoms with Gasteiger partial charge >= 0.3 is 0 Å². The minimum Gasteiger partial charge on any atom is -0.497 e. The lowest BCUT2D eigenvalue weighted by Crippen LogP contribution is -2.29. The van der Waals surface area contributed by atoms with Crippen molar-refractivity contribution in [2.45, 2.75) is 44.2 Å². The van der Waals surface area contributed by atoms with Gasteiger partial charge in [0.15, 0.2) is 0 Å². The third-order valence-electron chi connectivity index (χ3n) is 4.92. The molecule has 3 heteroatoms. The Kier molecular flexibility index (Phi) is 5.89. The summed E-state index contributed by atoms with van der Waals surface area (Å²) in [7, 11) is 1.72. The first-order chi connectivity index (χ1) is 11.8. The van der Waals surface area contributed by atoms with E-state index in [2.05, 4.69) is 53.8 Å². The Bertz CT molecular complexity index is 642. The fourth-order valence-electron chi connectivity index (χ4n) is 3.66. The number of aliphatic hydroxyl groups is 1. The number of aliphatic hydroxyl groups excluding tert-OH is 1. The quantitative estimate of drug-likeness (QED) is 0.802. The minimum atomic E-state index is 0.240. The molecule has 0 aliphatic heterocycles. The Morgan fingerprint density at radius 3 is 2.79 bits per heavy atom. The first-order valence-electron chi connectivity index (χ1n) is 8.90. The van der Waals surface area contributed by atoms with E-state index < -0.39 is 0 Å². The van der Waals surface area contributed by atoms with Crippen molar-refractivity contribution in [2.75, 3.05) is 13.7 Å². The number of rotatable bonds is 7. The van der Waals surface area contributed by atoms with Crippen LogP contribution in [0.4, 0.5) is 0 Å². The van der Waals surface area contributed by atoms with Crippen LogP contribution in [0.1, 0.15) is 54.5 Å². The molecule has 1 aliphatic carbocycles. The lowest BCUT2D eigenvalue weighted by atomic mass is 9.86. The molecule has 1 aliphatic rings. The predicted molar refractivity (Wildman–Crippen MR) is 97.3 cm³/mol. The monoisotopic (exact) mass is 325 g/mol. The highest BCUT2D eigenvalue weighted by Crippen LogP contribution is 2.34. The minimum absolute atomic E-state index is 0.240. The smallest absolute Gasteiger partial charge is 0.119 e. The van der Waals surface area contributed by atoms with Gasteiger partial charge in [-0.2, -0.15) is 0 Å². The molecule has 0 saturated carbocycles. The highest BCUT2D eigenvalue weighted by molar-refractivity contribution is 5.39. The van der Waals surface area contributed by atoms with E-state index >= 15 is 0 Å². The topological polar surface area (TPSA) is 41.5 Å². The summed E-state index contributed by atoms with van der Waals surface area (Å²) in [4.78, 5) is 0. The molecule has 2 aromatic rings. The van der Waals surface area contributed by atoms with Gasteiger partial charge in [-0.05, 0) is 60.9 Å². The normalized spacial score (nSPS) is 18.0. The van der Waals surface area contributed by atoms with Gasteiger partial charge in [0.25, 0.3) is 0 Å². The second-order valence-electron chi connectivity index (χ2n) is 6.51. The molecule has 2 aromatic carbocycles. The van der Waals surface area contributed by atoms with Gasteiger partial charge in [0.05, 0.1) is 7.11 Å². The van der Waals surface area contributed by atoms with Gasteiger partial charge in [0.2, 0.25) is 0 Å². The van der Waals surface area contributed by atoms with Crippen molar-refractivity contribution >= 4 is 0 Å². The van der Waals surface area contributed by atoms with E-state index in [-0.39, 0.29) is 12.6 Å². The maximum Gasteiger partial charge on any atom is 0.119 e. The van der Waals surface area contributed by atoms with E-state index in [4.69, 9.17) is 4.74 Å². The van der Waals surface area contributed by atoms with Crippen LogP contribution in [0.15, 0.2) is 48.5 Å². The molecule has 3 nitrogen and oxygen atoms in total. The lowest BCUT2D eigenvalue weighted by Gasteiger charge is -2.31. The summed E-state index contributed by atoms with van der Waals surface area (Å²) in [5.74, 6) is 0.939. The highest BCUT2D eigenvalue weighted by atomic mass is 16.5. The van der Waals surface area contributed by atoms with E-state index in [0.717, 1.165) is 31.4 Å². The van der Waals surface area contributed by atoms with E-state index in [1.165, 1.54) is 23.1 Å². The SMILES string of the molecule is COc1ccc2c(c1)CCCC2NC(CCCO)c1ccccc1. The first-order valence-corrected chi connectivity index (χ1v) is 8.90. The van der Waals surface area contributed by atoms with Crippen LogP contribution in [0.2, 0.25) is 0 Å². The van der Waals surface area contributed by atoms with Crippen molar-refractivity contribution in [3.63, 3.8) is 0 Å². The third kappa shape index (κ3) is 3.97. The number of aryl methyl sites for hydroxylation is 1. The average Bonchev–Trinajstić information content (AvgIpc) is 2.65. The van der Waals surface area contributed by atoms with Crippen molar-refractivity contribution in [2.24, 2.45) is 0 Å². The summed E-state index contributed by atoms with van der Waals surface area (Å²) in [6.07, 6.45) is 5.23. The molecule has 0 amide bonds. The fraction of sp³-hybridized carbons (Fsp3) is 0.429. The summed E-state index contributed by atoms with van der Waals surface area (Å²) in [5.41, 5.74) is 4.09. The predicted octanol–water partition coefficient (Wildman–Crippen LogP) is 4.18. The molecule has 2 N–H and O–H groups in total. The number of ether oxygens (including phenoxy) is 1. The van der Waals surface area contributed by atoms with Crippen LogP contribution in [-0.4, -0.2) is 18.8 Å². The van der Waals surface area contributed by atoms with Gasteiger partial charge < -0.3 is 15.2 Å². The van der Waals surface area contributed by atoms with Gasteiger partial charge in [0.1, 0.15) is 5.75 Å². The van der Waals surface area contributed by atoms with Crippen molar-refractivity contribution in [1.29, 1.82) is 0 Å². The van der Waals surface area contributed by atoms with Gasteiger partial charge in [-0.15, -0.1) is 0 Å². The molecule has 0 radical (unpaired) electrons. The largest absolute Gasteiger partial charge is 0.497 e. The van der Waals surface area contributed by atoms with Crippen LogP contribution in [0.3, 0.4) is 0 Å². The molecule has 128 valence electrons. The van der Waals surface area contributed by atoms with Crippen LogP contribution in [0.5, 0.6) is 5.75 Å². The van der Waals surface area contributed by atoms with E-state index in [1.807, 2.05) is 0 Å². The molecule has 0 saturated heterocycles. The molecular weight excluding hydrogens is 298 g/mol. The Morgan fingerprint density at radius 2 is 2.04 bits per heavy atom. The van der Waals surface area contributed by atoms with Crippen LogP contribution in [0.25, 0.3) is 0 Å². The third-order valence-corrected chi connectivity index (χ3v) is 4.92. The number of methoxy groups -OCH3 is 1. The van der Waals surface area contributed by atoms with Gasteiger partial charge in [-0.25, -0.2) is 0 Å². The van der Waals surface area contributed by atoms with Crippen LogP contribution >= 0.6 is 0 Å². The molecule has 0 bridgehead atoms. The van der Waals surface area contributed by atoms with Gasteiger partial charge in [-0.3, -0.25) is 0 Å². The molecule has 24 heavy (non-hydrogen) atoms. The zero-order chi connectivity index (χ0) is 16.8. The number of fused-ring (bicyclic) bond motifs is 1. The number of benzene rings is 2. The second kappa shape index (κ2) is 8.32. The Labute approximate surface area is 144 Å². The molecule has 0 heterocycles. The Hall–Kier alpha value is -1.84. The lowest BCUT2D eigenvalue weighted by molar-refractivity contribution is 0.269. The number of hydrogen-bond acceptors (Lipinski definition) is 3. The molecular formula is C21H27NO2. The Balaban J connectivity index is 1.80. The Morgan fingerprint density at radius 1 is 1.21 bits per heavy atom. The molecule has 2 unspecified atom stereocenters. The molecule has 0 fully saturated rings. The number of hydrogen-bond donors (Lipinski definition) is 2. The van der Waals surface area contributed by atoms with Crippen LogP contribution in [-0.2, 0) is 6.42 Å². The highest BCUT2D eigenvalue weighted by Gasteiger charge is 2.23. The zero-order valence-electron chi connectivity index (χ0n) is 14.4. The van der Waals surface area contributed by atoms with Crippen molar-refractivity contribution in [1.82, 2.24) is 5.32 Å². The van der Waals surface area contributed by atoms with Crippen molar-refractivity contribution < 1.29 is 9.84 Å². The molecule has 2 atom stereocenters. The zero-order valence-corrected chi connectivity index (χ0v) is 14.4. The van der Waals surface area contributed by atoms with Gasteiger partial charge in [-0.1, -0.05) is 36.4 Å². The van der Waals surface area contributed by atoms with Gasteiger partial charge in [0, 0.05) is 18.7 Å². The number of nitrogens with one attached hydrogen (secondary N) is 1. The average molecular weight is 325 g/mol. The van der Waals surface area contributed by atoms with E-state index in [9.17, 15) is 5.11 Å². The summed E-state index contributed by atoms with van der Waals surface area (Å²) in [6.45, 7) is 0.240. The maximum atomic E-state index is 9.24. The summed E-state index contributed by atoms with van der Waals surface area (Å²) in [5, 5.41) is 13.1. The van der Waals surface area contributed by atoms with Crippen molar-refractivity contribution in [3.8, 4) is 5.75 Å². The second-order valence-corrected chi connectivity index (χ2v) is 6.51. The fourth-order valence-corrected chi connectivity index (χ4v) is 3.66. The van der Waals surface area contributed by atoms with Crippen molar-refractivity contribution in [3.05, 3.63) is 65.2 Å². The maximum absolute atomic E-state index is 9.24. The molecule has 0 spiro atoms. The molecule has 0 aromatic heterocycles. The summed E-state index contributed by atoms with van der Waals surface area (Å²) < 4.78 is 5.37. The standard InChI is InChI=1S/C21H27NO2/c1-24-18-12-13-19-17(15-18)9-5-10-21(19)22-20(11-6-14-23)16-7-3-2-4-8-16/h2-4,7-8,12-13,15,20-23H,5-6,9-11,14H2,1H3.